The molecule has 0 aliphatic carbocycles. The van der Waals surface area contributed by atoms with Crippen LogP contribution in [0.3, 0.4) is 0 Å². The summed E-state index contributed by atoms with van der Waals surface area (Å²) in [6, 6.07) is 2.07. The van der Waals surface area contributed by atoms with E-state index in [0.29, 0.717) is 0 Å². The van der Waals surface area contributed by atoms with E-state index in [1.165, 1.54) is 0 Å². The van der Waals surface area contributed by atoms with Crippen molar-refractivity contribution in [2.24, 2.45) is 0 Å². The Kier molecular flexibility index (Phi) is 3.27. The molecular formula is C8H5BrClFO2. The van der Waals surface area contributed by atoms with Crippen LogP contribution in [0.15, 0.2) is 16.6 Å². The number of phenolic OH excluding ortho intramolecular Hbond substituents is 1. The summed E-state index contributed by atoms with van der Waals surface area (Å²) in [6.45, 7) is 0. The highest BCUT2D eigenvalue weighted by Crippen LogP contribution is 2.27. The van der Waals surface area contributed by atoms with Gasteiger partial charge in [0.15, 0.2) is 5.78 Å². The number of benzene rings is 1. The van der Waals surface area contributed by atoms with E-state index in [-0.39, 0.29) is 21.7 Å². The van der Waals surface area contributed by atoms with Gasteiger partial charge < -0.3 is 5.11 Å². The Morgan fingerprint density at radius 1 is 1.62 bits per heavy atom. The largest absolute Gasteiger partial charge is 0.507 e. The molecule has 0 amide bonds. The Hall–Kier alpha value is -0.610. The van der Waals surface area contributed by atoms with Gasteiger partial charge in [0.1, 0.15) is 11.6 Å². The number of halogens is 3. The fraction of sp³-hybridized carbons (Fsp3) is 0.125. The van der Waals surface area contributed by atoms with Crippen molar-refractivity contribution in [3.05, 3.63) is 28.0 Å². The molecule has 0 saturated carbocycles. The first kappa shape index (κ1) is 10.5. The second-order valence-electron chi connectivity index (χ2n) is 2.34. The summed E-state index contributed by atoms with van der Waals surface area (Å²) in [6.07, 6.45) is 0. The van der Waals surface area contributed by atoms with Crippen molar-refractivity contribution >= 4 is 33.3 Å². The molecule has 70 valence electrons. The maximum atomic E-state index is 13.0. The predicted octanol–water partition coefficient (Wildman–Crippen LogP) is 2.72. The van der Waals surface area contributed by atoms with Crippen LogP contribution in [0.25, 0.3) is 0 Å². The number of carbonyl (C=O) groups is 1. The van der Waals surface area contributed by atoms with Gasteiger partial charge in [-0.2, -0.15) is 0 Å². The molecule has 0 aliphatic heterocycles. The van der Waals surface area contributed by atoms with Gasteiger partial charge in [-0.25, -0.2) is 4.39 Å². The Balaban J connectivity index is 3.23. The zero-order chi connectivity index (χ0) is 10.0. The van der Waals surface area contributed by atoms with Crippen LogP contribution in [0.1, 0.15) is 10.4 Å². The van der Waals surface area contributed by atoms with E-state index < -0.39 is 11.6 Å². The summed E-state index contributed by atoms with van der Waals surface area (Å²) in [4.78, 5) is 11.0. The average Bonchev–Trinajstić information content (AvgIpc) is 2.10. The van der Waals surface area contributed by atoms with Gasteiger partial charge in [0.25, 0.3) is 0 Å². The first-order chi connectivity index (χ1) is 6.06. The van der Waals surface area contributed by atoms with Crippen molar-refractivity contribution in [1.29, 1.82) is 0 Å². The van der Waals surface area contributed by atoms with E-state index >= 15 is 0 Å². The lowest BCUT2D eigenvalue weighted by molar-refractivity contribution is 0.101. The van der Waals surface area contributed by atoms with Gasteiger partial charge in [0, 0.05) is 0 Å². The maximum Gasteiger partial charge on any atom is 0.180 e. The zero-order valence-electron chi connectivity index (χ0n) is 6.35. The standard InChI is InChI=1S/C8H5BrClFO2/c9-5-2-6(11)4(1-7(5)12)8(13)3-10/h1-2,12H,3H2. The third-order valence-electron chi connectivity index (χ3n) is 1.46. The summed E-state index contributed by atoms with van der Waals surface area (Å²) >= 11 is 8.16. The molecule has 0 atom stereocenters. The van der Waals surface area contributed by atoms with Crippen LogP contribution in [0.4, 0.5) is 4.39 Å². The summed E-state index contributed by atoms with van der Waals surface area (Å²) < 4.78 is 13.3. The van der Waals surface area contributed by atoms with Crippen molar-refractivity contribution in [2.75, 3.05) is 5.88 Å². The van der Waals surface area contributed by atoms with Crippen molar-refractivity contribution in [3.63, 3.8) is 0 Å². The van der Waals surface area contributed by atoms with Crippen molar-refractivity contribution in [3.8, 4) is 5.75 Å². The number of hydrogen-bond acceptors (Lipinski definition) is 2. The van der Waals surface area contributed by atoms with Gasteiger partial charge in [-0.3, -0.25) is 4.79 Å². The van der Waals surface area contributed by atoms with Crippen LogP contribution in [0.5, 0.6) is 5.75 Å². The Morgan fingerprint density at radius 2 is 2.23 bits per heavy atom. The lowest BCUT2D eigenvalue weighted by Crippen LogP contribution is -2.03. The average molecular weight is 267 g/mol. The van der Waals surface area contributed by atoms with E-state index in [9.17, 15) is 9.18 Å². The minimum absolute atomic E-state index is 0.185. The summed E-state index contributed by atoms with van der Waals surface area (Å²) in [5.41, 5.74) is -0.198. The monoisotopic (exact) mass is 266 g/mol. The molecule has 0 fully saturated rings. The zero-order valence-corrected chi connectivity index (χ0v) is 8.69. The smallest absolute Gasteiger partial charge is 0.180 e. The fourth-order valence-electron chi connectivity index (χ4n) is 0.823. The van der Waals surface area contributed by atoms with E-state index in [0.717, 1.165) is 12.1 Å². The molecule has 2 nitrogen and oxygen atoms in total. The molecule has 0 aromatic heterocycles. The van der Waals surface area contributed by atoms with Crippen LogP contribution < -0.4 is 0 Å². The molecule has 1 N–H and O–H groups in total. The Labute approximate surface area is 87.5 Å². The highest BCUT2D eigenvalue weighted by Gasteiger charge is 2.13. The third-order valence-corrected chi connectivity index (χ3v) is 2.34. The van der Waals surface area contributed by atoms with Crippen molar-refractivity contribution in [1.82, 2.24) is 0 Å². The number of rotatable bonds is 2. The van der Waals surface area contributed by atoms with Gasteiger partial charge in [-0.15, -0.1) is 11.6 Å². The van der Waals surface area contributed by atoms with Gasteiger partial charge in [-0.1, -0.05) is 0 Å². The fourth-order valence-corrected chi connectivity index (χ4v) is 1.28. The van der Waals surface area contributed by atoms with Crippen LogP contribution in [-0.4, -0.2) is 16.8 Å². The molecule has 0 spiro atoms. The predicted molar refractivity (Wildman–Crippen MR) is 50.8 cm³/mol. The SMILES string of the molecule is O=C(CCl)c1cc(O)c(Br)cc1F. The normalized spacial score (nSPS) is 10.1. The summed E-state index contributed by atoms with van der Waals surface area (Å²) in [7, 11) is 0. The molecule has 13 heavy (non-hydrogen) atoms. The molecular weight excluding hydrogens is 262 g/mol. The van der Waals surface area contributed by atoms with Crippen LogP contribution in [-0.2, 0) is 0 Å². The van der Waals surface area contributed by atoms with Crippen LogP contribution >= 0.6 is 27.5 Å². The first-order valence-corrected chi connectivity index (χ1v) is 4.66. The minimum Gasteiger partial charge on any atom is -0.507 e. The van der Waals surface area contributed by atoms with Gasteiger partial charge in [0.05, 0.1) is 15.9 Å². The van der Waals surface area contributed by atoms with Crippen LogP contribution in [0, 0.1) is 5.82 Å². The van der Waals surface area contributed by atoms with Crippen LogP contribution in [0.2, 0.25) is 0 Å². The summed E-state index contributed by atoms with van der Waals surface area (Å²) in [5.74, 6) is -1.75. The van der Waals surface area contributed by atoms with E-state index in [4.69, 9.17) is 16.7 Å². The van der Waals surface area contributed by atoms with Gasteiger partial charge in [-0.05, 0) is 28.1 Å². The molecule has 0 bridgehead atoms. The second kappa shape index (κ2) is 4.07. The molecule has 5 heteroatoms. The topological polar surface area (TPSA) is 37.3 Å². The van der Waals surface area contributed by atoms with Crippen molar-refractivity contribution in [2.45, 2.75) is 0 Å². The first-order valence-electron chi connectivity index (χ1n) is 3.33. The molecule has 0 radical (unpaired) electrons. The lowest BCUT2D eigenvalue weighted by atomic mass is 10.1. The second-order valence-corrected chi connectivity index (χ2v) is 3.46. The highest BCUT2D eigenvalue weighted by atomic mass is 79.9. The number of hydrogen-bond donors (Lipinski definition) is 1. The lowest BCUT2D eigenvalue weighted by Gasteiger charge is -2.02. The third kappa shape index (κ3) is 2.19. The van der Waals surface area contributed by atoms with Gasteiger partial charge >= 0.3 is 0 Å². The van der Waals surface area contributed by atoms with E-state index in [1.54, 1.807) is 0 Å². The minimum atomic E-state index is -0.699. The van der Waals surface area contributed by atoms with E-state index in [2.05, 4.69) is 15.9 Å². The number of Topliss-reactive ketones (excluding diaryl/α,β-unsaturated/α-hetero) is 1. The number of ketones is 1. The molecule has 0 unspecified atom stereocenters. The maximum absolute atomic E-state index is 13.0. The van der Waals surface area contributed by atoms with Crippen molar-refractivity contribution < 1.29 is 14.3 Å². The summed E-state index contributed by atoms with van der Waals surface area (Å²) in [5, 5.41) is 9.16. The number of aromatic hydroxyl groups is 1. The molecule has 0 heterocycles. The molecule has 0 aliphatic rings. The van der Waals surface area contributed by atoms with Gasteiger partial charge in [0.2, 0.25) is 0 Å². The highest BCUT2D eigenvalue weighted by molar-refractivity contribution is 9.10. The van der Waals surface area contributed by atoms with E-state index in [1.807, 2.05) is 0 Å². The molecule has 1 aromatic rings. The quantitative estimate of drug-likeness (QED) is 0.661. The Bertz CT molecular complexity index is 354. The molecule has 0 saturated heterocycles. The number of carbonyl (C=O) groups excluding carboxylic acids is 1. The Morgan fingerprint density at radius 3 is 2.77 bits per heavy atom. The number of phenols is 1. The molecule has 1 rings (SSSR count). The number of alkyl halides is 1. The molecule has 1 aromatic carbocycles.